The normalized spacial score (nSPS) is 17.2. The van der Waals surface area contributed by atoms with Gasteiger partial charge in [0.2, 0.25) is 0 Å². The molecule has 3 atom stereocenters. The average molecular weight is 1510 g/mol. The Bertz CT molecular complexity index is 1380. The summed E-state index contributed by atoms with van der Waals surface area (Å²) in [5.74, 6) is 0. The van der Waals surface area contributed by atoms with Crippen molar-refractivity contribution >= 4 is 114 Å². The third kappa shape index (κ3) is 66.8. The first-order chi connectivity index (χ1) is 42.4. The van der Waals surface area contributed by atoms with E-state index in [1.165, 1.54) is 347 Å². The summed E-state index contributed by atoms with van der Waals surface area (Å²) >= 11 is 32.5. The van der Waals surface area contributed by atoms with Gasteiger partial charge >= 0.3 is 24.4 Å². The van der Waals surface area contributed by atoms with Gasteiger partial charge in [-0.15, -0.1) is 0 Å². The summed E-state index contributed by atoms with van der Waals surface area (Å²) in [5, 5.41) is 0. The molecule has 88 heavy (non-hydrogen) atoms. The van der Waals surface area contributed by atoms with E-state index in [9.17, 15) is 0 Å². The van der Waals surface area contributed by atoms with Crippen LogP contribution in [-0.4, -0.2) is 62.6 Å². The molecule has 0 amide bonds. The largest absolute Gasteiger partial charge is 3.00 e. The third-order valence-corrected chi connectivity index (χ3v) is 24.8. The summed E-state index contributed by atoms with van der Waals surface area (Å²) in [6.07, 6.45) is 85.2. The van der Waals surface area contributed by atoms with E-state index in [-0.39, 0.29) is 42.7 Å². The van der Waals surface area contributed by atoms with Crippen molar-refractivity contribution in [2.24, 2.45) is 0 Å². The average Bonchev–Trinajstić information content (AvgIpc) is 3.72. The van der Waals surface area contributed by atoms with Crippen molar-refractivity contribution in [2.75, 3.05) is 19.8 Å². The van der Waals surface area contributed by atoms with Gasteiger partial charge in [-0.3, -0.25) is 0 Å². The number of hydrogen-bond donors (Lipinski definition) is 0. The summed E-state index contributed by atoms with van der Waals surface area (Å²) in [7, 11) is 0. The van der Waals surface area contributed by atoms with Gasteiger partial charge in [-0.2, -0.15) is 0 Å². The predicted octanol–water partition coefficient (Wildman–Crippen LogP) is 27.8. The molecule has 0 saturated heterocycles. The maximum Gasteiger partial charge on any atom is 3.00 e. The van der Waals surface area contributed by atoms with Crippen LogP contribution >= 0.6 is 17.1 Å². The van der Waals surface area contributed by atoms with Gasteiger partial charge in [0.1, 0.15) is 0 Å². The molecule has 0 aromatic rings. The molecular formula is C72H144O6P3S6Sb. The molecule has 6 nitrogen and oxygen atoms in total. The van der Waals surface area contributed by atoms with Crippen LogP contribution in [0.1, 0.15) is 425 Å². The molecule has 2 radical (unpaired) electrons. The fourth-order valence-electron chi connectivity index (χ4n) is 12.6. The summed E-state index contributed by atoms with van der Waals surface area (Å²) in [4.78, 5) is 0. The van der Waals surface area contributed by atoms with Crippen LogP contribution in [0.5, 0.6) is 0 Å². The van der Waals surface area contributed by atoms with Crippen LogP contribution in [0.4, 0.5) is 0 Å². The maximum atomic E-state index is 5.93. The topological polar surface area (TPSA) is 55.4 Å². The molecule has 3 rings (SSSR count). The zero-order valence-corrected chi connectivity index (χ0v) is 68.2. The molecule has 3 aliphatic carbocycles. The Kier molecular flexibility index (Phi) is 71.9. The van der Waals surface area contributed by atoms with E-state index < -0.39 is 17.1 Å². The fraction of sp³-hybridized carbons (Fsp3) is 1.00. The van der Waals surface area contributed by atoms with Crippen LogP contribution < -0.4 is 0 Å². The molecule has 0 heterocycles. The van der Waals surface area contributed by atoms with Gasteiger partial charge in [-0.1, -0.05) is 403 Å². The first-order valence-corrected chi connectivity index (χ1v) is 49.3. The van der Waals surface area contributed by atoms with E-state index in [1.807, 2.05) is 0 Å². The van der Waals surface area contributed by atoms with E-state index in [0.29, 0.717) is 19.8 Å². The number of rotatable bonds is 60. The minimum atomic E-state index is -2.43. The van der Waals surface area contributed by atoms with Crippen LogP contribution in [0, 0.1) is 0 Å². The van der Waals surface area contributed by atoms with E-state index in [1.54, 1.807) is 0 Å². The number of hydrogen-bond acceptors (Lipinski definition) is 12. The van der Waals surface area contributed by atoms with E-state index in [2.05, 4.69) is 20.8 Å². The zero-order valence-electron chi connectivity index (χ0n) is 58.1. The van der Waals surface area contributed by atoms with Crippen molar-refractivity contribution in [3.8, 4) is 0 Å². The molecule has 524 valence electrons. The van der Waals surface area contributed by atoms with Crippen molar-refractivity contribution < 1.29 is 27.1 Å². The van der Waals surface area contributed by atoms with E-state index in [0.717, 1.165) is 57.8 Å². The second-order valence-electron chi connectivity index (χ2n) is 26.8. The molecule has 0 bridgehead atoms. The molecule has 0 spiro atoms. The molecule has 0 N–H and O–H groups in total. The first kappa shape index (κ1) is 91.6. The minimum Gasteiger partial charge on any atom is -0.691 e. The molecule has 0 aliphatic heterocycles. The van der Waals surface area contributed by atoms with Gasteiger partial charge in [0.25, 0.3) is 0 Å². The van der Waals surface area contributed by atoms with Crippen molar-refractivity contribution in [3.05, 3.63) is 0 Å². The molecule has 3 unspecified atom stereocenters. The second-order valence-corrected chi connectivity index (χ2v) is 41.7. The Hall–Kier alpha value is 3.58. The van der Waals surface area contributed by atoms with Gasteiger partial charge in [0, 0.05) is 0 Å². The Balaban J connectivity index is 0.00000128. The summed E-state index contributed by atoms with van der Waals surface area (Å²) in [6.45, 7) is 8.93. The van der Waals surface area contributed by atoms with Crippen LogP contribution in [-0.2, 0) is 99.3 Å². The van der Waals surface area contributed by atoms with Crippen LogP contribution in [0.2, 0.25) is 0 Å². The predicted molar refractivity (Wildman–Crippen MR) is 411 cm³/mol. The number of unbranched alkanes of at least 4 members (excludes halogenated alkanes) is 45. The van der Waals surface area contributed by atoms with Crippen LogP contribution in [0.25, 0.3) is 0 Å². The van der Waals surface area contributed by atoms with Crippen LogP contribution in [0.3, 0.4) is 0 Å². The third-order valence-electron chi connectivity index (χ3n) is 18.2. The summed E-state index contributed by atoms with van der Waals surface area (Å²) in [6, 6.07) is 0. The van der Waals surface area contributed by atoms with Crippen molar-refractivity contribution in [1.82, 2.24) is 0 Å². The molecule has 3 fully saturated rings. The summed E-state index contributed by atoms with van der Waals surface area (Å²) in [5.41, 5.74) is -7.30. The van der Waals surface area contributed by atoms with Gasteiger partial charge < -0.3 is 63.9 Å². The second kappa shape index (κ2) is 69.1. The standard InChI is InChI=1S/3C24H49O2PS2.Sb/c3*1-2-3-4-5-6-7-8-9-10-11-12-13-14-15-16-20-23-25-27(28,29)26-24-21-18-17-19-22-24;/h3*24H,2-23H2,1H3,(H,28,29);/q;;;+3/p-3. The van der Waals surface area contributed by atoms with E-state index >= 15 is 0 Å². The summed E-state index contributed by atoms with van der Waals surface area (Å²) < 4.78 is 35.1. The van der Waals surface area contributed by atoms with Gasteiger partial charge in [0.05, 0.1) is 55.2 Å². The molecule has 3 aliphatic rings. The fourth-order valence-corrected chi connectivity index (χ4v) is 19.1. The van der Waals surface area contributed by atoms with Crippen molar-refractivity contribution in [3.63, 3.8) is 0 Å². The first-order valence-electron chi connectivity index (χ1n) is 38.3. The Labute approximate surface area is 598 Å². The van der Waals surface area contributed by atoms with Crippen molar-refractivity contribution in [1.29, 1.82) is 0 Å². The molecular weight excluding hydrogens is 1370 g/mol. The molecule has 0 aromatic heterocycles. The zero-order chi connectivity index (χ0) is 63.1. The minimum absolute atomic E-state index is 0. The monoisotopic (exact) mass is 1510 g/mol. The SMILES string of the molecule is CCCCCCCCCCCCCCCCCCOP(=S)([S-])OC1CCCCC1.CCCCCCCCCCCCCCCCCCOP(=S)([S-])OC1CCCCC1.CCCCCCCCCCCCCCCCCCOP(=S)([S-])OC1CCCCC1.[Sb+3]. The maximum absolute atomic E-state index is 5.93. The quantitative estimate of drug-likeness (QED) is 0.0252. The van der Waals surface area contributed by atoms with Crippen LogP contribution in [0.15, 0.2) is 0 Å². The molecule has 0 aromatic carbocycles. The van der Waals surface area contributed by atoms with E-state index in [4.69, 9.17) is 99.3 Å². The van der Waals surface area contributed by atoms with Gasteiger partial charge in [0.15, 0.2) is 0 Å². The smallest absolute Gasteiger partial charge is 0.691 e. The Morgan fingerprint density at radius 1 is 0.239 bits per heavy atom. The molecule has 3 saturated carbocycles. The van der Waals surface area contributed by atoms with Crippen molar-refractivity contribution in [2.45, 2.75) is 444 Å². The van der Waals surface area contributed by atoms with Gasteiger partial charge in [-0.05, 0) is 57.8 Å². The van der Waals surface area contributed by atoms with Gasteiger partial charge in [-0.25, -0.2) is 0 Å². The Morgan fingerprint density at radius 2 is 0.375 bits per heavy atom. The molecule has 16 heteroatoms. The Morgan fingerprint density at radius 3 is 0.523 bits per heavy atom.